The molecule has 0 unspecified atom stereocenters. The summed E-state index contributed by atoms with van der Waals surface area (Å²) in [5, 5.41) is 2.84. The largest absolute Gasteiger partial charge is 0.320 e. The Hall–Kier alpha value is -2.18. The van der Waals surface area contributed by atoms with Crippen molar-refractivity contribution in [1.82, 2.24) is 0 Å². The molecule has 0 spiro atoms. The summed E-state index contributed by atoms with van der Waals surface area (Å²) in [7, 11) is -3.49. The van der Waals surface area contributed by atoms with Crippen LogP contribution < -0.4 is 5.32 Å². The van der Waals surface area contributed by atoms with Crippen molar-refractivity contribution in [2.75, 3.05) is 11.6 Å². The maximum atomic E-state index is 13.7. The van der Waals surface area contributed by atoms with Crippen LogP contribution in [-0.2, 0) is 14.6 Å². The minimum Gasteiger partial charge on any atom is -0.320 e. The van der Waals surface area contributed by atoms with Gasteiger partial charge < -0.3 is 5.32 Å². The second-order valence-electron chi connectivity index (χ2n) is 4.79. The van der Waals surface area contributed by atoms with E-state index in [1.165, 1.54) is 12.2 Å². The number of amides is 1. The molecule has 0 heterocycles. The first-order valence-electron chi connectivity index (χ1n) is 6.50. The van der Waals surface area contributed by atoms with E-state index in [0.29, 0.717) is 10.6 Å². The highest BCUT2D eigenvalue weighted by Gasteiger charge is 2.12. The molecule has 0 aliphatic heterocycles. The lowest BCUT2D eigenvalue weighted by Crippen LogP contribution is -2.10. The summed E-state index contributed by atoms with van der Waals surface area (Å²) in [5.74, 6) is -1.31. The van der Waals surface area contributed by atoms with Crippen molar-refractivity contribution in [3.05, 3.63) is 64.9 Å². The van der Waals surface area contributed by atoms with Gasteiger partial charge in [-0.15, -0.1) is 0 Å². The van der Waals surface area contributed by atoms with Gasteiger partial charge in [0, 0.05) is 17.4 Å². The zero-order valence-corrected chi connectivity index (χ0v) is 13.7. The highest BCUT2D eigenvalue weighted by molar-refractivity contribution is 7.90. The molecule has 2 aromatic carbocycles. The Morgan fingerprint density at radius 1 is 1.22 bits per heavy atom. The van der Waals surface area contributed by atoms with E-state index in [1.54, 1.807) is 24.3 Å². The van der Waals surface area contributed by atoms with Crippen LogP contribution in [0.4, 0.5) is 10.1 Å². The summed E-state index contributed by atoms with van der Waals surface area (Å²) in [5.41, 5.74) is 0.506. The molecule has 0 bridgehead atoms. The van der Waals surface area contributed by atoms with Crippen LogP contribution in [0.15, 0.2) is 53.4 Å². The predicted octanol–water partition coefficient (Wildman–Crippen LogP) is 3.53. The summed E-state index contributed by atoms with van der Waals surface area (Å²) in [6.07, 6.45) is 3.72. The third kappa shape index (κ3) is 4.91. The molecule has 0 aromatic heterocycles. The van der Waals surface area contributed by atoms with E-state index in [0.717, 1.165) is 24.5 Å². The van der Waals surface area contributed by atoms with E-state index in [2.05, 4.69) is 5.32 Å². The maximum absolute atomic E-state index is 13.7. The number of carbonyl (C=O) groups excluding carboxylic acids is 1. The van der Waals surface area contributed by atoms with Crippen LogP contribution in [0.3, 0.4) is 0 Å². The molecule has 2 aromatic rings. The van der Waals surface area contributed by atoms with E-state index >= 15 is 0 Å². The summed E-state index contributed by atoms with van der Waals surface area (Å²) in [6, 6.07) is 10.1. The monoisotopic (exact) mass is 353 g/mol. The van der Waals surface area contributed by atoms with E-state index < -0.39 is 21.6 Å². The lowest BCUT2D eigenvalue weighted by molar-refractivity contribution is -0.111. The number of sulfone groups is 1. The Morgan fingerprint density at radius 3 is 2.61 bits per heavy atom. The molecule has 1 amide bonds. The summed E-state index contributed by atoms with van der Waals surface area (Å²) in [4.78, 5) is 11.8. The number of hydrogen-bond acceptors (Lipinski definition) is 3. The highest BCUT2D eigenvalue weighted by Crippen LogP contribution is 2.19. The van der Waals surface area contributed by atoms with Crippen molar-refractivity contribution < 1.29 is 17.6 Å². The molecule has 0 saturated carbocycles. The fraction of sp³-hybridized carbons (Fsp3) is 0.0625. The van der Waals surface area contributed by atoms with Crippen LogP contribution >= 0.6 is 11.6 Å². The van der Waals surface area contributed by atoms with Gasteiger partial charge >= 0.3 is 0 Å². The average Bonchev–Trinajstić information content (AvgIpc) is 2.46. The summed E-state index contributed by atoms with van der Waals surface area (Å²) >= 11 is 5.83. The molecule has 7 heteroatoms. The maximum Gasteiger partial charge on any atom is 0.248 e. The predicted molar refractivity (Wildman–Crippen MR) is 88.6 cm³/mol. The van der Waals surface area contributed by atoms with Crippen LogP contribution in [0.1, 0.15) is 5.56 Å². The Kier molecular flexibility index (Phi) is 5.18. The molecule has 0 saturated heterocycles. The fourth-order valence-corrected chi connectivity index (χ4v) is 2.63. The average molecular weight is 354 g/mol. The van der Waals surface area contributed by atoms with Gasteiger partial charge in [-0.3, -0.25) is 4.79 Å². The SMILES string of the molecule is CS(=O)(=O)c1ccc(F)c(NC(=O)/C=C/c2cccc(Cl)c2)c1. The molecule has 0 fully saturated rings. The minimum absolute atomic E-state index is 0.0759. The van der Waals surface area contributed by atoms with Gasteiger partial charge in [0.25, 0.3) is 0 Å². The van der Waals surface area contributed by atoms with Gasteiger partial charge in [0.1, 0.15) is 5.82 Å². The van der Waals surface area contributed by atoms with Crippen LogP contribution in [0.25, 0.3) is 6.08 Å². The Morgan fingerprint density at radius 2 is 1.96 bits per heavy atom. The van der Waals surface area contributed by atoms with Crippen molar-refractivity contribution in [2.24, 2.45) is 0 Å². The van der Waals surface area contributed by atoms with Gasteiger partial charge in [0.15, 0.2) is 9.84 Å². The van der Waals surface area contributed by atoms with Crippen LogP contribution in [-0.4, -0.2) is 20.6 Å². The van der Waals surface area contributed by atoms with Gasteiger partial charge in [-0.25, -0.2) is 12.8 Å². The topological polar surface area (TPSA) is 63.2 Å². The number of carbonyl (C=O) groups is 1. The van der Waals surface area contributed by atoms with Crippen LogP contribution in [0, 0.1) is 5.82 Å². The normalized spacial score (nSPS) is 11.6. The van der Waals surface area contributed by atoms with Crippen molar-refractivity contribution in [2.45, 2.75) is 4.90 Å². The zero-order chi connectivity index (χ0) is 17.0. The van der Waals surface area contributed by atoms with E-state index in [4.69, 9.17) is 11.6 Å². The lowest BCUT2D eigenvalue weighted by atomic mass is 10.2. The fourth-order valence-electron chi connectivity index (χ4n) is 1.79. The molecule has 0 atom stereocenters. The van der Waals surface area contributed by atoms with E-state index in [-0.39, 0.29) is 10.6 Å². The van der Waals surface area contributed by atoms with Gasteiger partial charge in [-0.05, 0) is 42.0 Å². The summed E-state index contributed by atoms with van der Waals surface area (Å²) in [6.45, 7) is 0. The van der Waals surface area contributed by atoms with Gasteiger partial charge in [-0.1, -0.05) is 23.7 Å². The number of hydrogen-bond donors (Lipinski definition) is 1. The smallest absolute Gasteiger partial charge is 0.248 e. The zero-order valence-electron chi connectivity index (χ0n) is 12.1. The minimum atomic E-state index is -3.49. The Balaban J connectivity index is 2.17. The van der Waals surface area contributed by atoms with E-state index in [9.17, 15) is 17.6 Å². The molecular weight excluding hydrogens is 341 g/mol. The number of rotatable bonds is 4. The number of halogens is 2. The quantitative estimate of drug-likeness (QED) is 0.675. The number of nitrogens with one attached hydrogen (secondary N) is 1. The molecule has 0 aliphatic rings. The molecule has 4 nitrogen and oxygen atoms in total. The standard InChI is InChI=1S/C16H13ClFNO3S/c1-23(21,22)13-6-7-14(18)15(10-13)19-16(20)8-5-11-3-2-4-12(17)9-11/h2-10H,1H3,(H,19,20)/b8-5+. The Labute approximate surface area is 138 Å². The van der Waals surface area contributed by atoms with Crippen molar-refractivity contribution in [1.29, 1.82) is 0 Å². The highest BCUT2D eigenvalue weighted by atomic mass is 35.5. The van der Waals surface area contributed by atoms with Crippen molar-refractivity contribution >= 4 is 39.1 Å². The molecule has 23 heavy (non-hydrogen) atoms. The van der Waals surface area contributed by atoms with Crippen LogP contribution in [0.5, 0.6) is 0 Å². The second-order valence-corrected chi connectivity index (χ2v) is 7.24. The Bertz CT molecular complexity index is 879. The first-order chi connectivity index (χ1) is 10.8. The van der Waals surface area contributed by atoms with Gasteiger partial charge in [0.2, 0.25) is 5.91 Å². The van der Waals surface area contributed by atoms with Crippen molar-refractivity contribution in [3.8, 4) is 0 Å². The molecule has 1 N–H and O–H groups in total. The van der Waals surface area contributed by atoms with Crippen molar-refractivity contribution in [3.63, 3.8) is 0 Å². The first-order valence-corrected chi connectivity index (χ1v) is 8.77. The summed E-state index contributed by atoms with van der Waals surface area (Å²) < 4.78 is 36.6. The third-order valence-corrected chi connectivity index (χ3v) is 4.25. The molecule has 120 valence electrons. The van der Waals surface area contributed by atoms with Gasteiger partial charge in [-0.2, -0.15) is 0 Å². The van der Waals surface area contributed by atoms with Gasteiger partial charge in [0.05, 0.1) is 10.6 Å². The van der Waals surface area contributed by atoms with E-state index in [1.807, 2.05) is 0 Å². The molecule has 2 rings (SSSR count). The lowest BCUT2D eigenvalue weighted by Gasteiger charge is -2.06. The first kappa shape index (κ1) is 17.2. The molecule has 0 aliphatic carbocycles. The number of benzene rings is 2. The second kappa shape index (κ2) is 6.93. The number of anilines is 1. The van der Waals surface area contributed by atoms with Crippen LogP contribution in [0.2, 0.25) is 5.02 Å². The molecular formula is C16H13ClFNO3S. The molecule has 0 radical (unpaired) electrons. The third-order valence-electron chi connectivity index (χ3n) is 2.90.